The maximum Gasteiger partial charge on any atom is 0.265 e. The Morgan fingerprint density at radius 2 is 2.29 bits per heavy atom. The van der Waals surface area contributed by atoms with Crippen molar-refractivity contribution in [1.82, 2.24) is 14.9 Å². The molecule has 0 aliphatic heterocycles. The first-order valence-electron chi connectivity index (χ1n) is 6.93. The monoisotopic (exact) mass is 305 g/mol. The largest absolute Gasteiger partial charge is 0.497 e. The minimum absolute atomic E-state index is 0.122. The topological polar surface area (TPSA) is 64.1 Å². The van der Waals surface area contributed by atoms with E-state index in [0.717, 1.165) is 35.7 Å². The Labute approximate surface area is 128 Å². The van der Waals surface area contributed by atoms with E-state index in [1.54, 1.807) is 7.11 Å². The Hall–Kier alpha value is -1.95. The molecular formula is C15H19N3O2S. The number of rotatable bonds is 6. The summed E-state index contributed by atoms with van der Waals surface area (Å²) in [4.78, 5) is 12.9. The Kier molecular flexibility index (Phi) is 5.27. The van der Waals surface area contributed by atoms with Gasteiger partial charge in [0, 0.05) is 11.6 Å². The number of methoxy groups -OCH3 is 1. The summed E-state index contributed by atoms with van der Waals surface area (Å²) in [6.07, 6.45) is 1.98. The standard InChI is InChI=1S/C15H19N3O2S/c1-4-6-10(2)16-15(19)14-13(17-18-21-14)11-7-5-8-12(9-11)20-3/h5,7-10H,4,6H2,1-3H3,(H,16,19)/t10-/m1/s1. The van der Waals surface area contributed by atoms with Gasteiger partial charge in [0.25, 0.3) is 5.91 Å². The minimum atomic E-state index is -0.122. The number of ether oxygens (including phenoxy) is 1. The van der Waals surface area contributed by atoms with Crippen molar-refractivity contribution in [3.8, 4) is 17.0 Å². The molecule has 1 aromatic heterocycles. The molecule has 1 atom stereocenters. The lowest BCUT2D eigenvalue weighted by atomic mass is 10.1. The van der Waals surface area contributed by atoms with Gasteiger partial charge in [-0.1, -0.05) is 30.0 Å². The zero-order chi connectivity index (χ0) is 15.2. The first-order chi connectivity index (χ1) is 10.2. The summed E-state index contributed by atoms with van der Waals surface area (Å²) in [5, 5.41) is 7.07. The van der Waals surface area contributed by atoms with Crippen LogP contribution in [0.2, 0.25) is 0 Å². The molecule has 0 aliphatic rings. The number of hydrogen-bond acceptors (Lipinski definition) is 5. The van der Waals surface area contributed by atoms with Crippen LogP contribution >= 0.6 is 11.5 Å². The first-order valence-corrected chi connectivity index (χ1v) is 7.70. The molecule has 0 unspecified atom stereocenters. The predicted octanol–water partition coefficient (Wildman–Crippen LogP) is 3.13. The van der Waals surface area contributed by atoms with Gasteiger partial charge in [-0.3, -0.25) is 4.79 Å². The van der Waals surface area contributed by atoms with Gasteiger partial charge in [-0.2, -0.15) is 0 Å². The zero-order valence-corrected chi connectivity index (χ0v) is 13.2. The highest BCUT2D eigenvalue weighted by atomic mass is 32.1. The number of benzene rings is 1. The summed E-state index contributed by atoms with van der Waals surface area (Å²) >= 11 is 1.11. The molecule has 0 bridgehead atoms. The third-order valence-corrected chi connectivity index (χ3v) is 3.86. The SMILES string of the molecule is CCC[C@@H](C)NC(=O)c1snnc1-c1cccc(OC)c1. The molecule has 5 nitrogen and oxygen atoms in total. The number of amides is 1. The summed E-state index contributed by atoms with van der Waals surface area (Å²) in [6.45, 7) is 4.10. The second-order valence-corrected chi connectivity index (χ2v) is 5.60. The molecule has 1 heterocycles. The molecule has 1 aromatic carbocycles. The van der Waals surface area contributed by atoms with E-state index >= 15 is 0 Å². The molecule has 2 rings (SSSR count). The minimum Gasteiger partial charge on any atom is -0.497 e. The second kappa shape index (κ2) is 7.17. The third kappa shape index (κ3) is 3.78. The highest BCUT2D eigenvalue weighted by Crippen LogP contribution is 2.27. The van der Waals surface area contributed by atoms with Gasteiger partial charge < -0.3 is 10.1 Å². The summed E-state index contributed by atoms with van der Waals surface area (Å²) in [6, 6.07) is 7.61. The van der Waals surface area contributed by atoms with E-state index in [2.05, 4.69) is 21.8 Å². The number of hydrogen-bond donors (Lipinski definition) is 1. The van der Waals surface area contributed by atoms with E-state index in [1.807, 2.05) is 31.2 Å². The number of aromatic nitrogens is 2. The van der Waals surface area contributed by atoms with Crippen LogP contribution in [0.25, 0.3) is 11.3 Å². The Morgan fingerprint density at radius 3 is 3.00 bits per heavy atom. The predicted molar refractivity (Wildman–Crippen MR) is 83.7 cm³/mol. The first kappa shape index (κ1) is 15.4. The van der Waals surface area contributed by atoms with E-state index in [9.17, 15) is 4.79 Å². The molecule has 0 saturated heterocycles. The average molecular weight is 305 g/mol. The van der Waals surface area contributed by atoms with Crippen LogP contribution in [0, 0.1) is 0 Å². The van der Waals surface area contributed by atoms with Crippen molar-refractivity contribution in [3.63, 3.8) is 0 Å². The van der Waals surface area contributed by atoms with Crippen LogP contribution in [-0.4, -0.2) is 28.6 Å². The Balaban J connectivity index is 2.23. The fraction of sp³-hybridized carbons (Fsp3) is 0.400. The Bertz CT molecular complexity index is 612. The number of carbonyl (C=O) groups is 1. The van der Waals surface area contributed by atoms with E-state index in [-0.39, 0.29) is 11.9 Å². The fourth-order valence-corrected chi connectivity index (χ4v) is 2.68. The van der Waals surface area contributed by atoms with Crippen molar-refractivity contribution < 1.29 is 9.53 Å². The quantitative estimate of drug-likeness (QED) is 0.890. The van der Waals surface area contributed by atoms with Gasteiger partial charge in [-0.25, -0.2) is 0 Å². The number of nitrogens with one attached hydrogen (secondary N) is 1. The van der Waals surface area contributed by atoms with Crippen LogP contribution < -0.4 is 10.1 Å². The van der Waals surface area contributed by atoms with Crippen molar-refractivity contribution in [1.29, 1.82) is 0 Å². The molecule has 112 valence electrons. The molecule has 6 heteroatoms. The van der Waals surface area contributed by atoms with E-state index in [4.69, 9.17) is 4.74 Å². The van der Waals surface area contributed by atoms with E-state index in [1.165, 1.54) is 0 Å². The molecule has 0 fully saturated rings. The van der Waals surface area contributed by atoms with Gasteiger partial charge in [-0.05, 0) is 37.0 Å². The summed E-state index contributed by atoms with van der Waals surface area (Å²) < 4.78 is 9.12. The second-order valence-electron chi connectivity index (χ2n) is 4.85. The van der Waals surface area contributed by atoms with Crippen LogP contribution in [0.15, 0.2) is 24.3 Å². The van der Waals surface area contributed by atoms with Crippen LogP contribution in [0.5, 0.6) is 5.75 Å². The highest BCUT2D eigenvalue weighted by Gasteiger charge is 2.19. The van der Waals surface area contributed by atoms with Crippen LogP contribution in [-0.2, 0) is 0 Å². The van der Waals surface area contributed by atoms with Gasteiger partial charge in [0.15, 0.2) is 0 Å². The van der Waals surface area contributed by atoms with Gasteiger partial charge in [0.2, 0.25) is 0 Å². The van der Waals surface area contributed by atoms with Crippen LogP contribution in [0.1, 0.15) is 36.4 Å². The molecule has 0 aliphatic carbocycles. The molecule has 0 radical (unpaired) electrons. The normalized spacial score (nSPS) is 12.0. The van der Waals surface area contributed by atoms with Gasteiger partial charge in [-0.15, -0.1) is 5.10 Å². The maximum atomic E-state index is 12.3. The molecule has 2 aromatic rings. The van der Waals surface area contributed by atoms with E-state index in [0.29, 0.717) is 10.6 Å². The number of carbonyl (C=O) groups excluding carboxylic acids is 1. The zero-order valence-electron chi connectivity index (χ0n) is 12.4. The molecule has 1 amide bonds. The van der Waals surface area contributed by atoms with Gasteiger partial charge in [0.05, 0.1) is 7.11 Å². The summed E-state index contributed by atoms with van der Waals surface area (Å²) in [5.74, 6) is 0.606. The van der Waals surface area contributed by atoms with Gasteiger partial charge in [0.1, 0.15) is 16.3 Å². The fourth-order valence-electron chi connectivity index (χ4n) is 2.09. The third-order valence-electron chi connectivity index (χ3n) is 3.14. The van der Waals surface area contributed by atoms with Gasteiger partial charge >= 0.3 is 0 Å². The lowest BCUT2D eigenvalue weighted by Gasteiger charge is -2.12. The lowest BCUT2D eigenvalue weighted by molar-refractivity contribution is 0.0943. The van der Waals surface area contributed by atoms with Crippen LogP contribution in [0.3, 0.4) is 0 Å². The van der Waals surface area contributed by atoms with Crippen molar-refractivity contribution in [2.75, 3.05) is 7.11 Å². The molecule has 0 spiro atoms. The highest BCUT2D eigenvalue weighted by molar-refractivity contribution is 7.08. The Morgan fingerprint density at radius 1 is 1.48 bits per heavy atom. The van der Waals surface area contributed by atoms with E-state index < -0.39 is 0 Å². The molecule has 1 N–H and O–H groups in total. The summed E-state index contributed by atoms with van der Waals surface area (Å²) in [7, 11) is 1.61. The lowest BCUT2D eigenvalue weighted by Crippen LogP contribution is -2.32. The molecular weight excluding hydrogens is 286 g/mol. The summed E-state index contributed by atoms with van der Waals surface area (Å²) in [5.41, 5.74) is 1.43. The average Bonchev–Trinajstić information content (AvgIpc) is 2.97. The van der Waals surface area contributed by atoms with Crippen molar-refractivity contribution in [2.24, 2.45) is 0 Å². The van der Waals surface area contributed by atoms with Crippen LogP contribution in [0.4, 0.5) is 0 Å². The smallest absolute Gasteiger partial charge is 0.265 e. The molecule has 0 saturated carbocycles. The maximum absolute atomic E-state index is 12.3. The number of nitrogens with zero attached hydrogens (tertiary/aromatic N) is 2. The van der Waals surface area contributed by atoms with Crippen molar-refractivity contribution in [3.05, 3.63) is 29.1 Å². The van der Waals surface area contributed by atoms with Crippen molar-refractivity contribution >= 4 is 17.4 Å². The molecule has 21 heavy (non-hydrogen) atoms. The van der Waals surface area contributed by atoms with Crippen molar-refractivity contribution in [2.45, 2.75) is 32.7 Å².